The summed E-state index contributed by atoms with van der Waals surface area (Å²) in [5.74, 6) is -0.929. The van der Waals surface area contributed by atoms with Gasteiger partial charge in [0.1, 0.15) is 6.04 Å². The van der Waals surface area contributed by atoms with Gasteiger partial charge >= 0.3 is 0 Å². The molecule has 0 spiro atoms. The van der Waals surface area contributed by atoms with Crippen molar-refractivity contribution in [2.45, 2.75) is 32.2 Å². The lowest BCUT2D eigenvalue weighted by Gasteiger charge is -2.22. The molecular formula is C16H17N3O4. The molecule has 1 aliphatic rings. The number of carbonyl (C=O) groups excluding carboxylic acids is 3. The smallest absolute Gasteiger partial charge is 0.249 e. The second-order valence-electron chi connectivity index (χ2n) is 5.50. The maximum absolute atomic E-state index is 12.0. The second-order valence-corrected chi connectivity index (χ2v) is 5.50. The molecule has 0 bridgehead atoms. The molecule has 120 valence electrons. The van der Waals surface area contributed by atoms with Gasteiger partial charge in [-0.2, -0.15) is 0 Å². The third-order valence-electron chi connectivity index (χ3n) is 4.00. The Morgan fingerprint density at radius 1 is 1.39 bits per heavy atom. The lowest BCUT2D eigenvalue weighted by atomic mass is 10.1. The van der Waals surface area contributed by atoms with Crippen molar-refractivity contribution in [1.29, 1.82) is 0 Å². The van der Waals surface area contributed by atoms with Gasteiger partial charge in [0.25, 0.3) is 0 Å². The van der Waals surface area contributed by atoms with E-state index in [0.717, 1.165) is 0 Å². The summed E-state index contributed by atoms with van der Waals surface area (Å²) in [6, 6.07) is 4.54. The van der Waals surface area contributed by atoms with Crippen LogP contribution in [0.15, 0.2) is 24.4 Å². The van der Waals surface area contributed by atoms with Crippen LogP contribution in [0.2, 0.25) is 0 Å². The second kappa shape index (κ2) is 5.75. The number of aromatic nitrogens is 1. The highest BCUT2D eigenvalue weighted by Crippen LogP contribution is 2.36. The van der Waals surface area contributed by atoms with E-state index in [1.165, 1.54) is 4.57 Å². The average Bonchev–Trinajstić information content (AvgIpc) is 2.86. The first-order chi connectivity index (χ1) is 11.0. The molecule has 2 aromatic rings. The third-order valence-corrected chi connectivity index (χ3v) is 4.00. The highest BCUT2D eigenvalue weighted by molar-refractivity contribution is 6.05. The highest BCUT2D eigenvalue weighted by Gasteiger charge is 2.30. The molecule has 1 fully saturated rings. The van der Waals surface area contributed by atoms with Crippen molar-refractivity contribution in [3.63, 3.8) is 0 Å². The normalized spacial score (nSPS) is 18.0. The minimum Gasteiger partial charge on any atom is -0.494 e. The standard InChI is InChI=1S/C16H17N3O4/c1-2-13(20)17-11-5-3-4-9-10(11)8-19(16(9)23)12-6-7-14(21)18-15(12)22/h3-5,8,12,23H,2,6-7H2,1H3,(H,17,20)(H,18,21,22). The number of aromatic hydroxyl groups is 1. The van der Waals surface area contributed by atoms with Gasteiger partial charge in [-0.25, -0.2) is 0 Å². The van der Waals surface area contributed by atoms with Crippen LogP contribution in [0.3, 0.4) is 0 Å². The van der Waals surface area contributed by atoms with Crippen LogP contribution in [0.5, 0.6) is 5.88 Å². The monoisotopic (exact) mass is 315 g/mol. The van der Waals surface area contributed by atoms with Crippen molar-refractivity contribution >= 4 is 34.2 Å². The molecule has 3 amide bonds. The maximum atomic E-state index is 12.0. The molecule has 1 saturated heterocycles. The number of hydrogen-bond donors (Lipinski definition) is 3. The number of imide groups is 1. The van der Waals surface area contributed by atoms with Gasteiger partial charge in [0.2, 0.25) is 17.7 Å². The van der Waals surface area contributed by atoms with Gasteiger partial charge in [-0.1, -0.05) is 13.0 Å². The summed E-state index contributed by atoms with van der Waals surface area (Å²) in [6.45, 7) is 1.75. The first-order valence-corrected chi connectivity index (χ1v) is 7.47. The molecule has 1 aliphatic heterocycles. The summed E-state index contributed by atoms with van der Waals surface area (Å²) >= 11 is 0. The molecule has 0 radical (unpaired) electrons. The van der Waals surface area contributed by atoms with Gasteiger partial charge in [0.05, 0.1) is 5.69 Å². The van der Waals surface area contributed by atoms with E-state index >= 15 is 0 Å². The highest BCUT2D eigenvalue weighted by atomic mass is 16.3. The quantitative estimate of drug-likeness (QED) is 0.750. The van der Waals surface area contributed by atoms with E-state index < -0.39 is 11.9 Å². The number of carbonyl (C=O) groups is 3. The van der Waals surface area contributed by atoms with Crippen LogP contribution in [0.1, 0.15) is 32.2 Å². The van der Waals surface area contributed by atoms with Gasteiger partial charge in [0.15, 0.2) is 5.88 Å². The zero-order valence-corrected chi connectivity index (χ0v) is 12.6. The van der Waals surface area contributed by atoms with E-state index in [2.05, 4.69) is 10.6 Å². The van der Waals surface area contributed by atoms with Crippen LogP contribution in [-0.4, -0.2) is 27.4 Å². The summed E-state index contributed by atoms with van der Waals surface area (Å²) in [5, 5.41) is 16.7. The van der Waals surface area contributed by atoms with Gasteiger partial charge in [-0.15, -0.1) is 0 Å². The Labute approximate surface area is 132 Å². The van der Waals surface area contributed by atoms with Gasteiger partial charge < -0.3 is 15.0 Å². The van der Waals surface area contributed by atoms with Crippen LogP contribution in [0.25, 0.3) is 10.8 Å². The minimum atomic E-state index is -0.644. The van der Waals surface area contributed by atoms with Crippen molar-refractivity contribution in [1.82, 2.24) is 9.88 Å². The minimum absolute atomic E-state index is 0.0536. The van der Waals surface area contributed by atoms with Crippen LogP contribution < -0.4 is 10.6 Å². The van der Waals surface area contributed by atoms with E-state index in [1.54, 1.807) is 31.3 Å². The summed E-state index contributed by atoms with van der Waals surface area (Å²) in [5.41, 5.74) is 0.579. The fourth-order valence-corrected chi connectivity index (χ4v) is 2.77. The molecule has 3 N–H and O–H groups in total. The number of fused-ring (bicyclic) bond motifs is 1. The molecule has 3 rings (SSSR count). The van der Waals surface area contributed by atoms with Crippen LogP contribution in [0, 0.1) is 0 Å². The number of anilines is 1. The number of hydrogen-bond acceptors (Lipinski definition) is 4. The third kappa shape index (κ3) is 2.65. The Morgan fingerprint density at radius 3 is 2.87 bits per heavy atom. The fraction of sp³-hybridized carbons (Fsp3) is 0.312. The Hall–Kier alpha value is -2.83. The topological polar surface area (TPSA) is 100 Å². The molecule has 23 heavy (non-hydrogen) atoms. The van der Waals surface area contributed by atoms with E-state index in [4.69, 9.17) is 0 Å². The number of rotatable bonds is 3. The number of nitrogens with zero attached hydrogens (tertiary/aromatic N) is 1. The Balaban J connectivity index is 2.04. The first-order valence-electron chi connectivity index (χ1n) is 7.47. The molecule has 2 heterocycles. The van der Waals surface area contributed by atoms with E-state index in [1.807, 2.05) is 0 Å². The lowest BCUT2D eigenvalue weighted by molar-refractivity contribution is -0.135. The molecule has 1 aromatic carbocycles. The van der Waals surface area contributed by atoms with Crippen LogP contribution in [-0.2, 0) is 14.4 Å². The fourth-order valence-electron chi connectivity index (χ4n) is 2.77. The zero-order chi connectivity index (χ0) is 16.6. The molecule has 7 heteroatoms. The van der Waals surface area contributed by atoms with Crippen LogP contribution in [0.4, 0.5) is 5.69 Å². The number of amides is 3. The van der Waals surface area contributed by atoms with Crippen molar-refractivity contribution in [3.8, 4) is 5.88 Å². The average molecular weight is 315 g/mol. The van der Waals surface area contributed by atoms with Crippen molar-refractivity contribution < 1.29 is 19.5 Å². The molecule has 1 aromatic heterocycles. The van der Waals surface area contributed by atoms with Gasteiger partial charge in [-0.3, -0.25) is 19.7 Å². The first kappa shape index (κ1) is 15.1. The van der Waals surface area contributed by atoms with E-state index in [-0.39, 0.29) is 24.1 Å². The predicted molar refractivity (Wildman–Crippen MR) is 83.9 cm³/mol. The zero-order valence-electron chi connectivity index (χ0n) is 12.6. The molecule has 0 saturated carbocycles. The Bertz CT molecular complexity index is 809. The number of benzene rings is 1. The molecule has 1 unspecified atom stereocenters. The number of nitrogens with one attached hydrogen (secondary N) is 2. The van der Waals surface area contributed by atoms with E-state index in [0.29, 0.717) is 29.3 Å². The van der Waals surface area contributed by atoms with Crippen molar-refractivity contribution in [2.24, 2.45) is 0 Å². The lowest BCUT2D eigenvalue weighted by Crippen LogP contribution is -2.41. The maximum Gasteiger partial charge on any atom is 0.249 e. The largest absolute Gasteiger partial charge is 0.494 e. The predicted octanol–water partition coefficient (Wildman–Crippen LogP) is 1.67. The van der Waals surface area contributed by atoms with E-state index in [9.17, 15) is 19.5 Å². The Kier molecular flexibility index (Phi) is 3.77. The Morgan fingerprint density at radius 2 is 2.17 bits per heavy atom. The summed E-state index contributed by atoms with van der Waals surface area (Å²) in [4.78, 5) is 34.9. The van der Waals surface area contributed by atoms with Gasteiger partial charge in [0, 0.05) is 29.8 Å². The molecular weight excluding hydrogens is 298 g/mol. The van der Waals surface area contributed by atoms with Crippen molar-refractivity contribution in [2.75, 3.05) is 5.32 Å². The van der Waals surface area contributed by atoms with Gasteiger partial charge in [-0.05, 0) is 18.6 Å². The molecule has 1 atom stereocenters. The van der Waals surface area contributed by atoms with Crippen molar-refractivity contribution in [3.05, 3.63) is 24.4 Å². The molecule has 7 nitrogen and oxygen atoms in total. The molecule has 0 aliphatic carbocycles. The summed E-state index contributed by atoms with van der Waals surface area (Å²) < 4.78 is 1.45. The SMILES string of the molecule is CCC(=O)Nc1cccc2c(O)n(C3CCC(=O)NC3=O)cc12. The number of piperidine rings is 1. The summed E-state index contributed by atoms with van der Waals surface area (Å²) in [7, 11) is 0. The van der Waals surface area contributed by atoms with Crippen LogP contribution >= 0.6 is 0 Å². The summed E-state index contributed by atoms with van der Waals surface area (Å²) in [6.07, 6.45) is 2.53.